The Kier molecular flexibility index (Phi) is 8.14. The molecule has 0 amide bonds. The third-order valence-electron chi connectivity index (χ3n) is 1.99. The van der Waals surface area contributed by atoms with Crippen molar-refractivity contribution in [2.24, 2.45) is 5.73 Å². The van der Waals surface area contributed by atoms with E-state index in [-0.39, 0.29) is 12.4 Å². The largest absolute Gasteiger partial charge is 0.489 e. The summed E-state index contributed by atoms with van der Waals surface area (Å²) in [6, 6.07) is 0. The lowest BCUT2D eigenvalue weighted by molar-refractivity contribution is 0.327. The summed E-state index contributed by atoms with van der Waals surface area (Å²) in [5, 5.41) is 4.19. The van der Waals surface area contributed by atoms with Crippen LogP contribution >= 0.6 is 12.4 Å². The van der Waals surface area contributed by atoms with Gasteiger partial charge < -0.3 is 10.5 Å². The van der Waals surface area contributed by atoms with E-state index in [0.29, 0.717) is 13.2 Å². The van der Waals surface area contributed by atoms with Crippen LogP contribution in [0.3, 0.4) is 0 Å². The molecule has 0 fully saturated rings. The van der Waals surface area contributed by atoms with Crippen LogP contribution in [0.4, 0.5) is 0 Å². The number of hydrogen-bond donors (Lipinski definition) is 1. The fourth-order valence-corrected chi connectivity index (χ4v) is 1.24. The van der Waals surface area contributed by atoms with Gasteiger partial charge in [-0.3, -0.25) is 4.68 Å². The molecule has 0 unspecified atom stereocenters. The van der Waals surface area contributed by atoms with E-state index >= 15 is 0 Å². The van der Waals surface area contributed by atoms with Crippen LogP contribution in [0.25, 0.3) is 0 Å². The van der Waals surface area contributed by atoms with Crippen LogP contribution in [0.1, 0.15) is 26.2 Å². The van der Waals surface area contributed by atoms with E-state index in [1.165, 1.54) is 19.3 Å². The molecule has 5 heteroatoms. The van der Waals surface area contributed by atoms with Gasteiger partial charge in [-0.1, -0.05) is 19.8 Å². The van der Waals surface area contributed by atoms with Crippen LogP contribution in [0.2, 0.25) is 0 Å². The van der Waals surface area contributed by atoms with Crippen LogP contribution in [0.5, 0.6) is 5.75 Å². The van der Waals surface area contributed by atoms with Gasteiger partial charge in [0.1, 0.15) is 6.61 Å². The summed E-state index contributed by atoms with van der Waals surface area (Å²) < 4.78 is 7.25. The number of halogens is 1. The molecule has 1 heterocycles. The van der Waals surface area contributed by atoms with Gasteiger partial charge in [-0.15, -0.1) is 12.4 Å². The zero-order chi connectivity index (χ0) is 10.2. The van der Waals surface area contributed by atoms with Gasteiger partial charge in [-0.05, 0) is 6.42 Å². The minimum atomic E-state index is 0. The average Bonchev–Trinajstić information content (AvgIpc) is 2.63. The minimum Gasteiger partial charge on any atom is -0.489 e. The van der Waals surface area contributed by atoms with Gasteiger partial charge in [0.25, 0.3) is 0 Å². The molecule has 0 aliphatic carbocycles. The lowest BCUT2D eigenvalue weighted by Crippen LogP contribution is -2.10. The molecular weight excluding hydrogens is 214 g/mol. The molecular formula is C10H20ClN3O. The molecule has 0 aliphatic heterocycles. The molecule has 0 aromatic carbocycles. The highest BCUT2D eigenvalue weighted by Crippen LogP contribution is 2.08. The Bertz CT molecular complexity index is 253. The van der Waals surface area contributed by atoms with Gasteiger partial charge >= 0.3 is 0 Å². The molecule has 0 aliphatic rings. The molecule has 15 heavy (non-hydrogen) atoms. The first-order valence-electron chi connectivity index (χ1n) is 5.22. The van der Waals surface area contributed by atoms with E-state index in [4.69, 9.17) is 10.5 Å². The molecule has 0 spiro atoms. The van der Waals surface area contributed by atoms with E-state index in [2.05, 4.69) is 12.0 Å². The number of rotatable bonds is 7. The zero-order valence-electron chi connectivity index (χ0n) is 9.19. The van der Waals surface area contributed by atoms with Crippen molar-refractivity contribution in [1.82, 2.24) is 9.78 Å². The van der Waals surface area contributed by atoms with Crippen molar-refractivity contribution in [3.63, 3.8) is 0 Å². The molecule has 2 N–H and O–H groups in total. The molecule has 4 nitrogen and oxygen atoms in total. The third kappa shape index (κ3) is 5.64. The maximum Gasteiger partial charge on any atom is 0.157 e. The van der Waals surface area contributed by atoms with Crippen LogP contribution < -0.4 is 10.5 Å². The van der Waals surface area contributed by atoms with Crippen molar-refractivity contribution >= 4 is 12.4 Å². The number of unbranched alkanes of at least 4 members (excludes halogenated alkanes) is 2. The van der Waals surface area contributed by atoms with Gasteiger partial charge in [0.2, 0.25) is 0 Å². The number of hydrogen-bond acceptors (Lipinski definition) is 3. The molecule has 0 saturated carbocycles. The molecule has 0 saturated heterocycles. The second kappa shape index (κ2) is 8.56. The Balaban J connectivity index is 0.00000196. The van der Waals surface area contributed by atoms with Gasteiger partial charge in [0.05, 0.1) is 12.4 Å². The average molecular weight is 234 g/mol. The Morgan fingerprint density at radius 1 is 1.47 bits per heavy atom. The fourth-order valence-electron chi connectivity index (χ4n) is 1.24. The first kappa shape index (κ1) is 14.3. The Labute approximate surface area is 97.2 Å². The monoisotopic (exact) mass is 233 g/mol. The SMILES string of the molecule is CCCCCn1cc(OCCN)cn1.Cl. The van der Waals surface area contributed by atoms with Gasteiger partial charge in [0.15, 0.2) is 5.75 Å². The summed E-state index contributed by atoms with van der Waals surface area (Å²) in [5.74, 6) is 0.812. The second-order valence-corrected chi connectivity index (χ2v) is 3.28. The minimum absolute atomic E-state index is 0. The van der Waals surface area contributed by atoms with Gasteiger partial charge in [-0.25, -0.2) is 0 Å². The van der Waals surface area contributed by atoms with E-state index in [1.54, 1.807) is 6.20 Å². The molecule has 0 radical (unpaired) electrons. The van der Waals surface area contributed by atoms with Crippen molar-refractivity contribution in [1.29, 1.82) is 0 Å². The van der Waals surface area contributed by atoms with Crippen molar-refractivity contribution in [3.8, 4) is 5.75 Å². The zero-order valence-corrected chi connectivity index (χ0v) is 10.0. The summed E-state index contributed by atoms with van der Waals surface area (Å²) >= 11 is 0. The van der Waals surface area contributed by atoms with E-state index in [1.807, 2.05) is 10.9 Å². The predicted molar refractivity (Wildman–Crippen MR) is 63.5 cm³/mol. The highest BCUT2D eigenvalue weighted by molar-refractivity contribution is 5.85. The summed E-state index contributed by atoms with van der Waals surface area (Å²) in [6.45, 7) is 4.26. The van der Waals surface area contributed by atoms with E-state index in [9.17, 15) is 0 Å². The molecule has 0 bridgehead atoms. The molecule has 1 aromatic heterocycles. The summed E-state index contributed by atoms with van der Waals surface area (Å²) in [7, 11) is 0. The fraction of sp³-hybridized carbons (Fsp3) is 0.700. The summed E-state index contributed by atoms with van der Waals surface area (Å²) in [4.78, 5) is 0. The number of nitrogens with two attached hydrogens (primary N) is 1. The van der Waals surface area contributed by atoms with Crippen molar-refractivity contribution in [2.75, 3.05) is 13.2 Å². The number of aryl methyl sites for hydroxylation is 1. The van der Waals surface area contributed by atoms with Crippen molar-refractivity contribution < 1.29 is 4.74 Å². The van der Waals surface area contributed by atoms with Crippen LogP contribution in [-0.4, -0.2) is 22.9 Å². The Morgan fingerprint density at radius 3 is 2.93 bits per heavy atom. The lowest BCUT2D eigenvalue weighted by atomic mass is 10.2. The molecule has 1 aromatic rings. The Hall–Kier alpha value is -0.740. The predicted octanol–water partition coefficient (Wildman–Crippen LogP) is 1.83. The first-order chi connectivity index (χ1) is 6.86. The van der Waals surface area contributed by atoms with Crippen LogP contribution in [-0.2, 0) is 6.54 Å². The Morgan fingerprint density at radius 2 is 2.27 bits per heavy atom. The van der Waals surface area contributed by atoms with Gasteiger partial charge in [0, 0.05) is 13.1 Å². The van der Waals surface area contributed by atoms with E-state index in [0.717, 1.165) is 12.3 Å². The molecule has 1 rings (SSSR count). The lowest BCUT2D eigenvalue weighted by Gasteiger charge is -2.00. The quantitative estimate of drug-likeness (QED) is 0.732. The summed E-state index contributed by atoms with van der Waals surface area (Å²) in [6.07, 6.45) is 7.32. The van der Waals surface area contributed by atoms with Gasteiger partial charge in [-0.2, -0.15) is 5.10 Å². The van der Waals surface area contributed by atoms with E-state index < -0.39 is 0 Å². The molecule has 0 atom stereocenters. The highest BCUT2D eigenvalue weighted by atomic mass is 35.5. The maximum atomic E-state index is 5.33. The van der Waals surface area contributed by atoms with Crippen LogP contribution in [0, 0.1) is 0 Å². The standard InChI is InChI=1S/C10H19N3O.ClH/c1-2-3-4-6-13-9-10(8-12-13)14-7-5-11;/h8-9H,2-7,11H2,1H3;1H. The smallest absolute Gasteiger partial charge is 0.157 e. The molecule has 88 valence electrons. The highest BCUT2D eigenvalue weighted by Gasteiger charge is 1.98. The number of nitrogens with zero attached hydrogens (tertiary/aromatic N) is 2. The normalized spacial score (nSPS) is 9.73. The topological polar surface area (TPSA) is 53.1 Å². The number of aromatic nitrogens is 2. The summed E-state index contributed by atoms with van der Waals surface area (Å²) in [5.41, 5.74) is 5.33. The third-order valence-corrected chi connectivity index (χ3v) is 1.99. The first-order valence-corrected chi connectivity index (χ1v) is 5.22. The number of ether oxygens (including phenoxy) is 1. The maximum absolute atomic E-state index is 5.33. The van der Waals surface area contributed by atoms with Crippen LogP contribution in [0.15, 0.2) is 12.4 Å². The van der Waals surface area contributed by atoms with Crippen molar-refractivity contribution in [2.45, 2.75) is 32.7 Å². The second-order valence-electron chi connectivity index (χ2n) is 3.28. The van der Waals surface area contributed by atoms with Crippen molar-refractivity contribution in [3.05, 3.63) is 12.4 Å².